The molecule has 3 N–H and O–H groups in total. The summed E-state index contributed by atoms with van der Waals surface area (Å²) in [5.41, 5.74) is 1.59. The number of benzene rings is 1. The molecule has 0 heterocycles. The molecule has 1 aromatic rings. The summed E-state index contributed by atoms with van der Waals surface area (Å²) in [7, 11) is 1.29. The number of esters is 1. The lowest BCUT2D eigenvalue weighted by Gasteiger charge is -2.00. The Morgan fingerprint density at radius 2 is 2.31 bits per heavy atom. The molecule has 0 aliphatic rings. The number of methoxy groups -OCH3 is 1. The van der Waals surface area contributed by atoms with Crippen LogP contribution < -0.4 is 5.48 Å². The second-order valence-electron chi connectivity index (χ2n) is 2.36. The van der Waals surface area contributed by atoms with E-state index in [4.69, 9.17) is 16.8 Å². The molecule has 0 saturated heterocycles. The molecular weight excluding hydrogens is 194 g/mol. The number of hydrogen-bond acceptors (Lipinski definition) is 3. The van der Waals surface area contributed by atoms with Gasteiger partial charge in [-0.1, -0.05) is 11.6 Å². The van der Waals surface area contributed by atoms with E-state index < -0.39 is 5.97 Å². The molecule has 0 radical (unpaired) electrons. The zero-order valence-corrected chi connectivity index (χ0v) is 7.71. The van der Waals surface area contributed by atoms with Gasteiger partial charge in [-0.3, -0.25) is 0 Å². The predicted octanol–water partition coefficient (Wildman–Crippen LogP) is 0.711. The molecule has 0 fully saturated rings. The first-order chi connectivity index (χ1) is 6.19. The van der Waals surface area contributed by atoms with Crippen LogP contribution in [0.4, 0.5) is 5.69 Å². The van der Waals surface area contributed by atoms with Crippen molar-refractivity contribution in [2.45, 2.75) is 0 Å². The fraction of sp³-hybridized carbons (Fsp3) is 0.125. The maximum atomic E-state index is 11.0. The van der Waals surface area contributed by atoms with Crippen LogP contribution in [0, 0.1) is 0 Å². The Morgan fingerprint density at radius 3 is 2.85 bits per heavy atom. The van der Waals surface area contributed by atoms with Gasteiger partial charge in [0.05, 0.1) is 12.7 Å². The Labute approximate surface area is 80.0 Å². The normalized spacial score (nSPS) is 9.77. The van der Waals surface area contributed by atoms with Gasteiger partial charge in [0.15, 0.2) is 5.69 Å². The largest absolute Gasteiger partial charge is 0.465 e. The topological polar surface area (TPSA) is 63.1 Å². The van der Waals surface area contributed by atoms with Gasteiger partial charge in [-0.2, -0.15) is 5.48 Å². The molecule has 5 heteroatoms. The van der Waals surface area contributed by atoms with E-state index in [1.807, 2.05) is 0 Å². The molecule has 13 heavy (non-hydrogen) atoms. The average Bonchev–Trinajstić information content (AvgIpc) is 2.17. The van der Waals surface area contributed by atoms with E-state index in [2.05, 4.69) is 4.74 Å². The van der Waals surface area contributed by atoms with E-state index in [1.165, 1.54) is 25.3 Å². The Balaban J connectivity index is 3.06. The number of carbonyl (C=O) groups excluding carboxylic acids is 1. The van der Waals surface area contributed by atoms with Crippen molar-refractivity contribution < 1.29 is 20.2 Å². The summed E-state index contributed by atoms with van der Waals surface area (Å²) in [6.45, 7) is 0. The van der Waals surface area contributed by atoms with Crippen molar-refractivity contribution in [2.24, 2.45) is 0 Å². The molecule has 0 saturated carbocycles. The maximum absolute atomic E-state index is 11.0. The van der Waals surface area contributed by atoms with Crippen molar-refractivity contribution in [1.29, 1.82) is 0 Å². The molecule has 0 spiro atoms. The minimum Gasteiger partial charge on any atom is -0.465 e. The van der Waals surface area contributed by atoms with Gasteiger partial charge in [0.1, 0.15) is 5.02 Å². The second kappa shape index (κ2) is 4.23. The summed E-state index contributed by atoms with van der Waals surface area (Å²) in [5.74, 6) is -0.459. The Bertz CT molecular complexity index is 327. The Morgan fingerprint density at radius 1 is 1.62 bits per heavy atom. The van der Waals surface area contributed by atoms with Crippen LogP contribution in [0.2, 0.25) is 5.02 Å². The quantitative estimate of drug-likeness (QED) is 0.422. The summed E-state index contributed by atoms with van der Waals surface area (Å²) in [5, 5.41) is 9.12. The summed E-state index contributed by atoms with van der Waals surface area (Å²) < 4.78 is 4.50. The molecule has 1 rings (SSSR count). The summed E-state index contributed by atoms with van der Waals surface area (Å²) >= 11 is 5.70. The lowest BCUT2D eigenvalue weighted by atomic mass is 10.2. The zero-order chi connectivity index (χ0) is 9.84. The highest BCUT2D eigenvalue weighted by molar-refractivity contribution is 6.32. The van der Waals surface area contributed by atoms with E-state index in [0.717, 1.165) is 5.48 Å². The molecule has 0 atom stereocenters. The fourth-order valence-corrected chi connectivity index (χ4v) is 1.05. The van der Waals surface area contributed by atoms with Gasteiger partial charge in [-0.15, -0.1) is 0 Å². The highest BCUT2D eigenvalue weighted by atomic mass is 35.5. The van der Waals surface area contributed by atoms with Gasteiger partial charge >= 0.3 is 5.97 Å². The van der Waals surface area contributed by atoms with Gasteiger partial charge in [0.25, 0.3) is 0 Å². The third kappa shape index (κ3) is 2.18. The molecule has 0 aliphatic heterocycles. The highest BCUT2D eigenvalue weighted by Crippen LogP contribution is 2.18. The van der Waals surface area contributed by atoms with Crippen LogP contribution in [0.5, 0.6) is 0 Å². The van der Waals surface area contributed by atoms with Crippen LogP contribution >= 0.6 is 11.6 Å². The van der Waals surface area contributed by atoms with Crippen molar-refractivity contribution in [3.63, 3.8) is 0 Å². The molecule has 1 aromatic carbocycles. The van der Waals surface area contributed by atoms with Crippen molar-refractivity contribution >= 4 is 23.3 Å². The van der Waals surface area contributed by atoms with Crippen LogP contribution in [0.3, 0.4) is 0 Å². The molecule has 0 aliphatic carbocycles. The van der Waals surface area contributed by atoms with Crippen LogP contribution in [0.15, 0.2) is 18.2 Å². The van der Waals surface area contributed by atoms with Crippen LogP contribution in [0.25, 0.3) is 0 Å². The number of hydrogen-bond donors (Lipinski definition) is 2. The lowest BCUT2D eigenvalue weighted by molar-refractivity contribution is -0.825. The van der Waals surface area contributed by atoms with Crippen LogP contribution in [-0.2, 0) is 4.74 Å². The van der Waals surface area contributed by atoms with Crippen molar-refractivity contribution in [2.75, 3.05) is 7.11 Å². The average molecular weight is 203 g/mol. The van der Waals surface area contributed by atoms with Gasteiger partial charge in [-0.05, 0) is 12.1 Å². The number of ether oxygens (including phenoxy) is 1. The van der Waals surface area contributed by atoms with Crippen molar-refractivity contribution in [3.05, 3.63) is 28.8 Å². The van der Waals surface area contributed by atoms with E-state index in [-0.39, 0.29) is 0 Å². The van der Waals surface area contributed by atoms with Crippen LogP contribution in [-0.4, -0.2) is 18.3 Å². The monoisotopic (exact) mass is 202 g/mol. The molecule has 70 valence electrons. The minimum atomic E-state index is -0.459. The number of halogens is 1. The summed E-state index contributed by atoms with van der Waals surface area (Å²) in [4.78, 5) is 11.0. The first kappa shape index (κ1) is 9.98. The fourth-order valence-electron chi connectivity index (χ4n) is 0.888. The number of nitrogens with two attached hydrogens (primary N) is 1. The standard InChI is InChI=1S/C8H8ClNO3/c1-13-8(11)5-2-3-6(9)7(4-5)10-12/h2-4,10,12H,1H3/p+1. The molecule has 0 amide bonds. The Kier molecular flexibility index (Phi) is 3.25. The minimum absolute atomic E-state index is 0.354. The molecular formula is C8H9ClNO3+. The van der Waals surface area contributed by atoms with Crippen molar-refractivity contribution in [1.82, 2.24) is 0 Å². The first-order valence-corrected chi connectivity index (χ1v) is 3.92. The highest BCUT2D eigenvalue weighted by Gasteiger charge is 2.10. The second-order valence-corrected chi connectivity index (χ2v) is 2.76. The smallest absolute Gasteiger partial charge is 0.338 e. The van der Waals surface area contributed by atoms with Crippen molar-refractivity contribution in [3.8, 4) is 0 Å². The SMILES string of the molecule is COC(=O)c1ccc(Cl)c([NH2+]O)c1. The predicted molar refractivity (Wildman–Crippen MR) is 46.2 cm³/mol. The third-order valence-electron chi connectivity index (χ3n) is 1.56. The van der Waals surface area contributed by atoms with Gasteiger partial charge in [0.2, 0.25) is 0 Å². The zero-order valence-electron chi connectivity index (χ0n) is 6.95. The Hall–Kier alpha value is -1.10. The molecule has 4 nitrogen and oxygen atoms in total. The van der Waals surface area contributed by atoms with Gasteiger partial charge in [-0.25, -0.2) is 10.0 Å². The molecule has 0 unspecified atom stereocenters. The lowest BCUT2D eigenvalue weighted by Crippen LogP contribution is -2.73. The van der Waals surface area contributed by atoms with Gasteiger partial charge in [0, 0.05) is 6.07 Å². The number of carbonyl (C=O) groups is 1. The van der Waals surface area contributed by atoms with E-state index in [0.29, 0.717) is 16.3 Å². The number of rotatable bonds is 2. The summed E-state index contributed by atoms with van der Waals surface area (Å²) in [6, 6.07) is 4.51. The van der Waals surface area contributed by atoms with Crippen LogP contribution in [0.1, 0.15) is 10.4 Å². The van der Waals surface area contributed by atoms with E-state index in [9.17, 15) is 4.79 Å². The first-order valence-electron chi connectivity index (χ1n) is 3.54. The molecule has 0 bridgehead atoms. The van der Waals surface area contributed by atoms with E-state index in [1.54, 1.807) is 0 Å². The molecule has 0 aromatic heterocycles. The maximum Gasteiger partial charge on any atom is 0.338 e. The number of quaternary nitrogens is 1. The van der Waals surface area contributed by atoms with Gasteiger partial charge < -0.3 is 4.74 Å². The van der Waals surface area contributed by atoms with E-state index >= 15 is 0 Å². The third-order valence-corrected chi connectivity index (χ3v) is 1.90. The summed E-state index contributed by atoms with van der Waals surface area (Å²) in [6.07, 6.45) is 0.